The fraction of sp³-hybridized carbons (Fsp3) is 0.778. The highest BCUT2D eigenvalue weighted by Crippen LogP contribution is 2.33. The molecule has 2 nitrogen and oxygen atoms in total. The lowest BCUT2D eigenvalue weighted by atomic mass is 9.82. The third-order valence-corrected chi connectivity index (χ3v) is 6.78. The van der Waals surface area contributed by atoms with Gasteiger partial charge in [-0.2, -0.15) is 0 Å². The number of aryl methyl sites for hydroxylation is 1. The first-order chi connectivity index (χ1) is 10.0. The van der Waals surface area contributed by atoms with Gasteiger partial charge < -0.3 is 5.32 Å². The summed E-state index contributed by atoms with van der Waals surface area (Å²) in [6.45, 7) is 15.0. The van der Waals surface area contributed by atoms with Crippen molar-refractivity contribution in [3.05, 3.63) is 21.9 Å². The van der Waals surface area contributed by atoms with Crippen molar-refractivity contribution in [1.82, 2.24) is 10.2 Å². The van der Waals surface area contributed by atoms with Gasteiger partial charge in [0.25, 0.3) is 0 Å². The highest BCUT2D eigenvalue weighted by molar-refractivity contribution is 7.11. The van der Waals surface area contributed by atoms with Crippen LogP contribution in [0.3, 0.4) is 0 Å². The van der Waals surface area contributed by atoms with E-state index in [1.807, 2.05) is 11.3 Å². The van der Waals surface area contributed by atoms with Crippen molar-refractivity contribution < 1.29 is 0 Å². The smallest absolute Gasteiger partial charge is 0.0334 e. The molecule has 1 atom stereocenters. The second kappa shape index (κ2) is 6.80. The number of nitrogens with zero attached hydrogens (tertiary/aromatic N) is 1. The van der Waals surface area contributed by atoms with Crippen molar-refractivity contribution in [3.63, 3.8) is 0 Å². The minimum atomic E-state index is 0.263. The Morgan fingerprint density at radius 3 is 2.29 bits per heavy atom. The molecule has 0 aromatic carbocycles. The zero-order valence-electron chi connectivity index (χ0n) is 14.5. The first-order valence-corrected chi connectivity index (χ1v) is 9.40. The maximum absolute atomic E-state index is 3.83. The Labute approximate surface area is 134 Å². The van der Waals surface area contributed by atoms with Crippen molar-refractivity contribution in [2.24, 2.45) is 0 Å². The summed E-state index contributed by atoms with van der Waals surface area (Å²) in [6, 6.07) is 4.64. The van der Waals surface area contributed by atoms with Gasteiger partial charge in [0.15, 0.2) is 0 Å². The lowest BCUT2D eigenvalue weighted by Gasteiger charge is -2.53. The average Bonchev–Trinajstić information content (AvgIpc) is 2.96. The van der Waals surface area contributed by atoms with E-state index < -0.39 is 0 Å². The molecule has 3 heteroatoms. The van der Waals surface area contributed by atoms with Crippen LogP contribution >= 0.6 is 11.3 Å². The van der Waals surface area contributed by atoms with E-state index in [-0.39, 0.29) is 5.54 Å². The Balaban J connectivity index is 2.20. The van der Waals surface area contributed by atoms with Crippen LogP contribution in [0.2, 0.25) is 0 Å². The predicted molar refractivity (Wildman–Crippen MR) is 94.1 cm³/mol. The highest BCUT2D eigenvalue weighted by atomic mass is 32.1. The minimum Gasteiger partial charge on any atom is -0.308 e. The zero-order valence-corrected chi connectivity index (χ0v) is 15.3. The molecular weight excluding hydrogens is 276 g/mol. The average molecular weight is 309 g/mol. The first-order valence-electron chi connectivity index (χ1n) is 8.58. The van der Waals surface area contributed by atoms with Crippen LogP contribution in [0.1, 0.15) is 63.6 Å². The molecule has 1 N–H and O–H groups in total. The topological polar surface area (TPSA) is 15.3 Å². The number of piperazine rings is 1. The van der Waals surface area contributed by atoms with Crippen LogP contribution in [0, 0.1) is 0 Å². The summed E-state index contributed by atoms with van der Waals surface area (Å²) in [6.07, 6.45) is 4.80. The number of hydrogen-bond acceptors (Lipinski definition) is 3. The van der Waals surface area contributed by atoms with Crippen molar-refractivity contribution in [1.29, 1.82) is 0 Å². The van der Waals surface area contributed by atoms with Gasteiger partial charge in [-0.05, 0) is 44.7 Å². The van der Waals surface area contributed by atoms with E-state index in [0.717, 1.165) is 26.1 Å². The predicted octanol–water partition coefficient (Wildman–Crippen LogP) is 4.44. The van der Waals surface area contributed by atoms with E-state index in [9.17, 15) is 0 Å². The van der Waals surface area contributed by atoms with Crippen molar-refractivity contribution in [2.45, 2.75) is 77.9 Å². The van der Waals surface area contributed by atoms with Gasteiger partial charge in [-0.15, -0.1) is 11.3 Å². The van der Waals surface area contributed by atoms with Crippen LogP contribution < -0.4 is 5.32 Å². The molecule has 0 bridgehead atoms. The SMILES string of the molecule is CCc1ccc(CN2CC(C)(CC)NCC2(CC)CC)s1. The Kier molecular flexibility index (Phi) is 5.50. The molecule has 1 aliphatic heterocycles. The van der Waals surface area contributed by atoms with E-state index in [4.69, 9.17) is 0 Å². The first kappa shape index (κ1) is 17.0. The number of rotatable bonds is 6. The second-order valence-corrected chi connectivity index (χ2v) is 8.03. The van der Waals surface area contributed by atoms with Gasteiger partial charge in [0.2, 0.25) is 0 Å². The Morgan fingerprint density at radius 2 is 1.76 bits per heavy atom. The van der Waals surface area contributed by atoms with Crippen LogP contribution in [-0.2, 0) is 13.0 Å². The zero-order chi connectivity index (χ0) is 15.5. The molecule has 21 heavy (non-hydrogen) atoms. The molecule has 1 unspecified atom stereocenters. The second-order valence-electron chi connectivity index (χ2n) is 6.78. The Morgan fingerprint density at radius 1 is 1.10 bits per heavy atom. The molecule has 1 aromatic rings. The Hall–Kier alpha value is -0.380. The molecule has 1 aliphatic rings. The van der Waals surface area contributed by atoms with Crippen LogP contribution in [0.4, 0.5) is 0 Å². The minimum absolute atomic E-state index is 0.263. The van der Waals surface area contributed by atoms with Gasteiger partial charge >= 0.3 is 0 Å². The lowest BCUT2D eigenvalue weighted by molar-refractivity contribution is -0.00337. The van der Waals surface area contributed by atoms with Crippen molar-refractivity contribution in [3.8, 4) is 0 Å². The summed E-state index contributed by atoms with van der Waals surface area (Å²) >= 11 is 1.99. The molecule has 2 heterocycles. The van der Waals surface area contributed by atoms with E-state index in [0.29, 0.717) is 5.54 Å². The van der Waals surface area contributed by atoms with Crippen LogP contribution in [-0.4, -0.2) is 29.1 Å². The summed E-state index contributed by atoms with van der Waals surface area (Å²) in [5.74, 6) is 0. The van der Waals surface area contributed by atoms with Gasteiger partial charge in [-0.3, -0.25) is 4.90 Å². The normalized spacial score (nSPS) is 26.1. The maximum atomic E-state index is 3.83. The summed E-state index contributed by atoms with van der Waals surface area (Å²) < 4.78 is 0. The third kappa shape index (κ3) is 3.52. The van der Waals surface area contributed by atoms with Crippen LogP contribution in [0.5, 0.6) is 0 Å². The number of thiophene rings is 1. The molecule has 0 amide bonds. The third-order valence-electron chi connectivity index (χ3n) is 5.56. The molecule has 0 saturated carbocycles. The molecule has 2 rings (SSSR count). The summed E-state index contributed by atoms with van der Waals surface area (Å²) in [5.41, 5.74) is 0.587. The Bertz CT molecular complexity index is 450. The van der Waals surface area contributed by atoms with Crippen LogP contribution in [0.15, 0.2) is 12.1 Å². The summed E-state index contributed by atoms with van der Waals surface area (Å²) in [4.78, 5) is 5.80. The van der Waals surface area contributed by atoms with Gasteiger partial charge in [-0.1, -0.05) is 27.7 Å². The standard InChI is InChI=1S/C18H32N2S/c1-6-15-10-11-16(21-15)12-20-14-17(5,7-2)19-13-18(20,8-3)9-4/h10-11,19H,6-9,12-14H2,1-5H3. The van der Waals surface area contributed by atoms with Gasteiger partial charge in [0.05, 0.1) is 0 Å². The van der Waals surface area contributed by atoms with Gasteiger partial charge in [-0.25, -0.2) is 0 Å². The highest BCUT2D eigenvalue weighted by Gasteiger charge is 2.42. The molecule has 0 spiro atoms. The molecule has 1 saturated heterocycles. The van der Waals surface area contributed by atoms with E-state index in [2.05, 4.69) is 57.0 Å². The largest absolute Gasteiger partial charge is 0.308 e. The lowest BCUT2D eigenvalue weighted by Crippen LogP contribution is -2.68. The number of hydrogen-bond donors (Lipinski definition) is 1. The van der Waals surface area contributed by atoms with Crippen molar-refractivity contribution in [2.75, 3.05) is 13.1 Å². The molecule has 0 radical (unpaired) electrons. The summed E-state index contributed by atoms with van der Waals surface area (Å²) in [5, 5.41) is 3.83. The molecular formula is C18H32N2S. The van der Waals surface area contributed by atoms with Gasteiger partial charge in [0, 0.05) is 40.5 Å². The molecule has 120 valence electrons. The monoisotopic (exact) mass is 308 g/mol. The fourth-order valence-corrected chi connectivity index (χ4v) is 4.40. The number of nitrogens with one attached hydrogen (secondary N) is 1. The van der Waals surface area contributed by atoms with E-state index in [1.54, 1.807) is 0 Å². The van der Waals surface area contributed by atoms with Gasteiger partial charge in [0.1, 0.15) is 0 Å². The molecule has 1 fully saturated rings. The van der Waals surface area contributed by atoms with E-state index >= 15 is 0 Å². The van der Waals surface area contributed by atoms with E-state index in [1.165, 1.54) is 29.0 Å². The molecule has 0 aliphatic carbocycles. The molecule has 1 aromatic heterocycles. The summed E-state index contributed by atoms with van der Waals surface area (Å²) in [7, 11) is 0. The maximum Gasteiger partial charge on any atom is 0.0334 e. The van der Waals surface area contributed by atoms with Crippen molar-refractivity contribution >= 4 is 11.3 Å². The van der Waals surface area contributed by atoms with Crippen LogP contribution in [0.25, 0.3) is 0 Å². The fourth-order valence-electron chi connectivity index (χ4n) is 3.43. The quantitative estimate of drug-likeness (QED) is 0.835.